The van der Waals surface area contributed by atoms with Crippen LogP contribution in [-0.4, -0.2) is 10.2 Å². The Labute approximate surface area is 52.8 Å². The van der Waals surface area contributed by atoms with Gasteiger partial charge in [-0.15, -0.1) is 0 Å². The van der Waals surface area contributed by atoms with Crippen molar-refractivity contribution in [2.24, 2.45) is 0 Å². The number of aryl methyl sites for hydroxylation is 1. The SMILES string of the molecule is Cc1cc[nH]n1.[Cu]. The smallest absolute Gasteiger partial charge is 0.0591 e. The molecule has 1 radical (unpaired) electrons. The minimum absolute atomic E-state index is 0. The molecule has 0 spiro atoms. The van der Waals surface area contributed by atoms with Crippen molar-refractivity contribution < 1.29 is 17.1 Å². The van der Waals surface area contributed by atoms with Gasteiger partial charge in [0.1, 0.15) is 0 Å². The largest absolute Gasteiger partial charge is 0.285 e. The van der Waals surface area contributed by atoms with Gasteiger partial charge in [0.25, 0.3) is 0 Å². The molecule has 0 aliphatic rings. The van der Waals surface area contributed by atoms with Gasteiger partial charge >= 0.3 is 0 Å². The van der Waals surface area contributed by atoms with Crippen molar-refractivity contribution in [2.45, 2.75) is 6.92 Å². The molecule has 1 aromatic rings. The van der Waals surface area contributed by atoms with Crippen LogP contribution in [0.25, 0.3) is 0 Å². The fourth-order valence-electron chi connectivity index (χ4n) is 0.334. The van der Waals surface area contributed by atoms with Gasteiger partial charge in [-0.25, -0.2) is 0 Å². The summed E-state index contributed by atoms with van der Waals surface area (Å²) in [5.74, 6) is 0. The summed E-state index contributed by atoms with van der Waals surface area (Å²) in [5, 5.41) is 6.47. The van der Waals surface area contributed by atoms with Crippen molar-refractivity contribution in [1.29, 1.82) is 0 Å². The normalized spacial score (nSPS) is 7.57. The van der Waals surface area contributed by atoms with E-state index in [1.54, 1.807) is 6.20 Å². The monoisotopic (exact) mass is 145 g/mol. The van der Waals surface area contributed by atoms with Crippen LogP contribution in [0.1, 0.15) is 5.69 Å². The van der Waals surface area contributed by atoms with Crippen molar-refractivity contribution >= 4 is 0 Å². The first-order chi connectivity index (χ1) is 2.89. The third-order valence-electron chi connectivity index (χ3n) is 0.640. The van der Waals surface area contributed by atoms with Crippen LogP contribution < -0.4 is 0 Å². The van der Waals surface area contributed by atoms with Crippen molar-refractivity contribution in [3.05, 3.63) is 18.0 Å². The summed E-state index contributed by atoms with van der Waals surface area (Å²) < 4.78 is 0. The molecule has 0 aliphatic heterocycles. The predicted octanol–water partition coefficient (Wildman–Crippen LogP) is 0.716. The summed E-state index contributed by atoms with van der Waals surface area (Å²) in [7, 11) is 0. The standard InChI is InChI=1S/C4H6N2.Cu/c1-4-2-3-5-6-4;/h2-3H,1H3,(H,5,6);. The number of nitrogens with one attached hydrogen (secondary N) is 1. The number of H-pyrrole nitrogens is 1. The van der Waals surface area contributed by atoms with E-state index in [2.05, 4.69) is 10.2 Å². The molecule has 7 heavy (non-hydrogen) atoms. The summed E-state index contributed by atoms with van der Waals surface area (Å²) in [6.45, 7) is 1.94. The van der Waals surface area contributed by atoms with E-state index < -0.39 is 0 Å². The van der Waals surface area contributed by atoms with E-state index in [4.69, 9.17) is 0 Å². The molecule has 0 saturated heterocycles. The van der Waals surface area contributed by atoms with Crippen LogP contribution in [0, 0.1) is 6.92 Å². The molecule has 0 aliphatic carbocycles. The Morgan fingerprint density at radius 1 is 1.71 bits per heavy atom. The molecule has 0 fully saturated rings. The number of hydrogen-bond acceptors (Lipinski definition) is 1. The molecule has 1 N–H and O–H groups in total. The minimum atomic E-state index is 0. The molecular weight excluding hydrogens is 140 g/mol. The fourth-order valence-corrected chi connectivity index (χ4v) is 0.334. The third-order valence-corrected chi connectivity index (χ3v) is 0.640. The minimum Gasteiger partial charge on any atom is -0.285 e. The first-order valence-electron chi connectivity index (χ1n) is 1.86. The summed E-state index contributed by atoms with van der Waals surface area (Å²) in [5.41, 5.74) is 1.04. The van der Waals surface area contributed by atoms with Crippen molar-refractivity contribution in [2.75, 3.05) is 0 Å². The van der Waals surface area contributed by atoms with E-state index >= 15 is 0 Å². The van der Waals surface area contributed by atoms with Crippen LogP contribution in [0.5, 0.6) is 0 Å². The molecule has 1 aromatic heterocycles. The number of aromatic amines is 1. The van der Waals surface area contributed by atoms with Gasteiger partial charge in [0.05, 0.1) is 5.69 Å². The van der Waals surface area contributed by atoms with E-state index in [0.717, 1.165) is 5.69 Å². The molecule has 2 nitrogen and oxygen atoms in total. The Balaban J connectivity index is 0.000000360. The number of aromatic nitrogens is 2. The summed E-state index contributed by atoms with van der Waals surface area (Å²) in [6, 6.07) is 1.92. The average Bonchev–Trinajstić information content (AvgIpc) is 1.86. The second-order valence-electron chi connectivity index (χ2n) is 1.22. The number of rotatable bonds is 0. The first-order valence-corrected chi connectivity index (χ1v) is 1.86. The molecule has 0 bridgehead atoms. The summed E-state index contributed by atoms with van der Waals surface area (Å²) in [6.07, 6.45) is 1.80. The summed E-state index contributed by atoms with van der Waals surface area (Å²) in [4.78, 5) is 0. The predicted molar refractivity (Wildman–Crippen MR) is 23.3 cm³/mol. The maximum atomic E-state index is 3.79. The van der Waals surface area contributed by atoms with Gasteiger partial charge in [-0.2, -0.15) is 5.10 Å². The van der Waals surface area contributed by atoms with Gasteiger partial charge in [0, 0.05) is 23.3 Å². The Morgan fingerprint density at radius 2 is 2.43 bits per heavy atom. The molecule has 0 amide bonds. The Hall–Kier alpha value is -0.271. The molecule has 43 valence electrons. The van der Waals surface area contributed by atoms with Crippen molar-refractivity contribution in [1.82, 2.24) is 10.2 Å². The molecule has 1 heterocycles. The number of hydrogen-bond donors (Lipinski definition) is 1. The summed E-state index contributed by atoms with van der Waals surface area (Å²) >= 11 is 0. The molecule has 3 heteroatoms. The average molecular weight is 146 g/mol. The first kappa shape index (κ1) is 6.73. The van der Waals surface area contributed by atoms with Crippen LogP contribution in [-0.2, 0) is 17.1 Å². The van der Waals surface area contributed by atoms with E-state index in [1.165, 1.54) is 0 Å². The second-order valence-corrected chi connectivity index (χ2v) is 1.22. The van der Waals surface area contributed by atoms with Gasteiger partial charge in [-0.05, 0) is 13.0 Å². The quantitative estimate of drug-likeness (QED) is 0.536. The van der Waals surface area contributed by atoms with Gasteiger partial charge < -0.3 is 0 Å². The molecule has 0 aromatic carbocycles. The fraction of sp³-hybridized carbons (Fsp3) is 0.250. The Kier molecular flexibility index (Phi) is 2.72. The van der Waals surface area contributed by atoms with Crippen LogP contribution in [0.15, 0.2) is 12.3 Å². The van der Waals surface area contributed by atoms with E-state index in [-0.39, 0.29) is 17.1 Å². The molecular formula is C4H6CuN2. The van der Waals surface area contributed by atoms with Gasteiger partial charge in [0.15, 0.2) is 0 Å². The Bertz CT molecular complexity index is 113. The van der Waals surface area contributed by atoms with Gasteiger partial charge in [0.2, 0.25) is 0 Å². The molecule has 0 atom stereocenters. The molecule has 0 saturated carbocycles. The van der Waals surface area contributed by atoms with Crippen LogP contribution in [0.3, 0.4) is 0 Å². The van der Waals surface area contributed by atoms with Crippen LogP contribution >= 0.6 is 0 Å². The topological polar surface area (TPSA) is 28.7 Å². The maximum absolute atomic E-state index is 3.79. The maximum Gasteiger partial charge on any atom is 0.0591 e. The van der Waals surface area contributed by atoms with Gasteiger partial charge in [-0.1, -0.05) is 0 Å². The van der Waals surface area contributed by atoms with E-state index in [0.29, 0.717) is 0 Å². The van der Waals surface area contributed by atoms with Crippen molar-refractivity contribution in [3.63, 3.8) is 0 Å². The number of nitrogens with zero attached hydrogens (tertiary/aromatic N) is 1. The zero-order chi connectivity index (χ0) is 4.41. The Morgan fingerprint density at radius 3 is 2.57 bits per heavy atom. The zero-order valence-corrected chi connectivity index (χ0v) is 4.85. The van der Waals surface area contributed by atoms with Crippen LogP contribution in [0.4, 0.5) is 0 Å². The van der Waals surface area contributed by atoms with Gasteiger partial charge in [-0.3, -0.25) is 5.10 Å². The molecule has 0 unspecified atom stereocenters. The van der Waals surface area contributed by atoms with E-state index in [9.17, 15) is 0 Å². The second kappa shape index (κ2) is 2.83. The molecule has 1 rings (SSSR count). The van der Waals surface area contributed by atoms with E-state index in [1.807, 2.05) is 13.0 Å². The van der Waals surface area contributed by atoms with Crippen LogP contribution in [0.2, 0.25) is 0 Å². The van der Waals surface area contributed by atoms with Crippen molar-refractivity contribution in [3.8, 4) is 0 Å². The third kappa shape index (κ3) is 1.76. The zero-order valence-electron chi connectivity index (χ0n) is 3.90.